The van der Waals surface area contributed by atoms with Crippen LogP contribution >= 0.6 is 0 Å². The molecule has 2 N–H and O–H groups in total. The lowest BCUT2D eigenvalue weighted by Gasteiger charge is -2.15. The number of nitrogens with one attached hydrogen (secondary N) is 2. The number of aryl methyl sites for hydroxylation is 1. The highest BCUT2D eigenvalue weighted by Gasteiger charge is 2.23. The van der Waals surface area contributed by atoms with Gasteiger partial charge in [0.2, 0.25) is 15.9 Å². The molecule has 0 aliphatic rings. The monoisotopic (exact) mass is 390 g/mol. The molecule has 0 aliphatic carbocycles. The van der Waals surface area contributed by atoms with E-state index in [0.717, 1.165) is 0 Å². The highest BCUT2D eigenvalue weighted by atomic mass is 32.2. The molecule has 0 unspecified atom stereocenters. The number of carbonyl (C=O) groups excluding carboxylic acids is 2. The zero-order chi connectivity index (χ0) is 20.2. The number of Topliss-reactive ketones (excluding diaryl/α,β-unsaturated/α-hetero) is 1. The molecule has 2 aromatic rings. The molecular weight excluding hydrogens is 368 g/mol. The zero-order valence-corrected chi connectivity index (χ0v) is 16.4. The Morgan fingerprint density at radius 3 is 2.41 bits per heavy atom. The molecule has 27 heavy (non-hydrogen) atoms. The van der Waals surface area contributed by atoms with Crippen LogP contribution in [0.4, 0.5) is 5.69 Å². The average Bonchev–Trinajstić information content (AvgIpc) is 2.61. The van der Waals surface area contributed by atoms with Gasteiger partial charge in [0.25, 0.3) is 0 Å². The number of benzene rings is 2. The van der Waals surface area contributed by atoms with Gasteiger partial charge in [-0.3, -0.25) is 9.59 Å². The summed E-state index contributed by atoms with van der Waals surface area (Å²) in [5, 5.41) is 2.60. The maximum atomic E-state index is 12.5. The maximum Gasteiger partial charge on any atom is 0.242 e. The fraction of sp³-hybridized carbons (Fsp3) is 0.263. The van der Waals surface area contributed by atoms with Crippen LogP contribution in [0.1, 0.15) is 29.8 Å². The molecule has 0 saturated carbocycles. The summed E-state index contributed by atoms with van der Waals surface area (Å²) in [5.74, 6) is -0.0932. The summed E-state index contributed by atoms with van der Waals surface area (Å²) in [6.45, 7) is 4.60. The summed E-state index contributed by atoms with van der Waals surface area (Å²) in [5.41, 5.74) is 1.53. The van der Waals surface area contributed by atoms with Gasteiger partial charge in [0.05, 0.1) is 18.0 Å². The molecule has 1 atom stereocenters. The van der Waals surface area contributed by atoms with Gasteiger partial charge in [0.1, 0.15) is 5.75 Å². The Labute approximate surface area is 158 Å². The predicted octanol–water partition coefficient (Wildman–Crippen LogP) is 2.51. The summed E-state index contributed by atoms with van der Waals surface area (Å²) in [6.07, 6.45) is 0. The highest BCUT2D eigenvalue weighted by molar-refractivity contribution is 7.89. The Kier molecular flexibility index (Phi) is 6.35. The third-order valence-electron chi connectivity index (χ3n) is 3.94. The molecule has 144 valence electrons. The molecule has 0 aromatic heterocycles. The summed E-state index contributed by atoms with van der Waals surface area (Å²) >= 11 is 0. The van der Waals surface area contributed by atoms with Crippen LogP contribution in [0.25, 0.3) is 0 Å². The molecule has 0 fully saturated rings. The first-order chi connectivity index (χ1) is 12.6. The zero-order valence-electron chi connectivity index (χ0n) is 15.6. The van der Waals surface area contributed by atoms with E-state index in [-0.39, 0.29) is 10.7 Å². The number of anilines is 1. The van der Waals surface area contributed by atoms with Crippen LogP contribution in [-0.2, 0) is 14.8 Å². The van der Waals surface area contributed by atoms with Gasteiger partial charge in [-0.1, -0.05) is 12.1 Å². The van der Waals surface area contributed by atoms with Crippen molar-refractivity contribution < 1.29 is 22.7 Å². The Balaban J connectivity index is 2.12. The quantitative estimate of drug-likeness (QED) is 0.708. The van der Waals surface area contributed by atoms with Crippen LogP contribution in [0.15, 0.2) is 47.4 Å². The van der Waals surface area contributed by atoms with E-state index in [2.05, 4.69) is 10.0 Å². The highest BCUT2D eigenvalue weighted by Crippen LogP contribution is 2.21. The molecule has 0 saturated heterocycles. The van der Waals surface area contributed by atoms with Crippen LogP contribution in [0.5, 0.6) is 5.75 Å². The summed E-state index contributed by atoms with van der Waals surface area (Å²) < 4.78 is 32.5. The predicted molar refractivity (Wildman–Crippen MR) is 103 cm³/mol. The van der Waals surface area contributed by atoms with Crippen LogP contribution in [0.3, 0.4) is 0 Å². The van der Waals surface area contributed by atoms with E-state index >= 15 is 0 Å². The van der Waals surface area contributed by atoms with Crippen molar-refractivity contribution in [3.63, 3.8) is 0 Å². The van der Waals surface area contributed by atoms with Crippen molar-refractivity contribution >= 4 is 27.4 Å². The van der Waals surface area contributed by atoms with E-state index < -0.39 is 22.0 Å². The Hall–Kier alpha value is -2.71. The van der Waals surface area contributed by atoms with Gasteiger partial charge in [0, 0.05) is 11.3 Å². The van der Waals surface area contributed by atoms with Gasteiger partial charge in [-0.25, -0.2) is 8.42 Å². The first kappa shape index (κ1) is 20.6. The summed E-state index contributed by atoms with van der Waals surface area (Å²) in [6, 6.07) is 9.86. The van der Waals surface area contributed by atoms with E-state index in [0.29, 0.717) is 22.6 Å². The van der Waals surface area contributed by atoms with Crippen LogP contribution in [0.2, 0.25) is 0 Å². The van der Waals surface area contributed by atoms with E-state index in [1.807, 2.05) is 0 Å². The van der Waals surface area contributed by atoms with Crippen molar-refractivity contribution in [1.82, 2.24) is 4.72 Å². The van der Waals surface area contributed by atoms with Crippen molar-refractivity contribution in [2.75, 3.05) is 12.4 Å². The van der Waals surface area contributed by atoms with Gasteiger partial charge in [-0.2, -0.15) is 4.72 Å². The standard InChI is InChI=1S/C19H22N2O5S/c1-12-10-17(8-9-18(12)26-4)27(24,25)21-13(2)19(23)20-16-7-5-6-15(11-16)14(3)22/h5-11,13,21H,1-4H3,(H,20,23)/t13-/m0/s1. The number of sulfonamides is 1. The molecule has 1 amide bonds. The first-order valence-electron chi connectivity index (χ1n) is 8.23. The molecule has 0 aliphatic heterocycles. The van der Waals surface area contributed by atoms with Crippen LogP contribution in [-0.4, -0.2) is 33.3 Å². The van der Waals surface area contributed by atoms with E-state index in [4.69, 9.17) is 4.74 Å². The number of methoxy groups -OCH3 is 1. The smallest absolute Gasteiger partial charge is 0.242 e. The van der Waals surface area contributed by atoms with Crippen molar-refractivity contribution in [3.05, 3.63) is 53.6 Å². The molecule has 8 heteroatoms. The van der Waals surface area contributed by atoms with Gasteiger partial charge < -0.3 is 10.1 Å². The van der Waals surface area contributed by atoms with Gasteiger partial charge in [-0.15, -0.1) is 0 Å². The number of rotatable bonds is 7. The first-order valence-corrected chi connectivity index (χ1v) is 9.71. The largest absolute Gasteiger partial charge is 0.496 e. The second kappa shape index (κ2) is 8.32. The molecule has 0 spiro atoms. The molecule has 2 aromatic carbocycles. The number of ketones is 1. The minimum Gasteiger partial charge on any atom is -0.496 e. The van der Waals surface area contributed by atoms with Crippen LogP contribution < -0.4 is 14.8 Å². The minimum atomic E-state index is -3.89. The second-order valence-corrected chi connectivity index (χ2v) is 7.81. The fourth-order valence-corrected chi connectivity index (χ4v) is 3.73. The van der Waals surface area contributed by atoms with Crippen molar-refractivity contribution in [2.45, 2.75) is 31.7 Å². The fourth-order valence-electron chi connectivity index (χ4n) is 2.44. The van der Waals surface area contributed by atoms with Crippen molar-refractivity contribution in [2.24, 2.45) is 0 Å². The summed E-state index contributed by atoms with van der Waals surface area (Å²) in [7, 11) is -2.38. The number of amides is 1. The molecule has 0 radical (unpaired) electrons. The topological polar surface area (TPSA) is 102 Å². The van der Waals surface area contributed by atoms with Gasteiger partial charge >= 0.3 is 0 Å². The molecule has 2 rings (SSSR count). The third kappa shape index (κ3) is 5.15. The lowest BCUT2D eigenvalue weighted by Crippen LogP contribution is -2.41. The second-order valence-electron chi connectivity index (χ2n) is 6.10. The normalized spacial score (nSPS) is 12.3. The molecule has 0 heterocycles. The van der Waals surface area contributed by atoms with Crippen molar-refractivity contribution in [3.8, 4) is 5.75 Å². The number of hydrogen-bond donors (Lipinski definition) is 2. The third-order valence-corrected chi connectivity index (χ3v) is 5.48. The lowest BCUT2D eigenvalue weighted by molar-refractivity contribution is -0.117. The van der Waals surface area contributed by atoms with E-state index in [1.165, 1.54) is 39.2 Å². The van der Waals surface area contributed by atoms with E-state index in [9.17, 15) is 18.0 Å². The summed E-state index contributed by atoms with van der Waals surface area (Å²) in [4.78, 5) is 23.8. The van der Waals surface area contributed by atoms with Crippen LogP contribution in [0, 0.1) is 6.92 Å². The van der Waals surface area contributed by atoms with Gasteiger partial charge in [-0.05, 0) is 56.7 Å². The number of ether oxygens (including phenoxy) is 1. The average molecular weight is 390 g/mol. The molecular formula is C19H22N2O5S. The lowest BCUT2D eigenvalue weighted by atomic mass is 10.1. The molecule has 7 nitrogen and oxygen atoms in total. The Bertz CT molecular complexity index is 970. The van der Waals surface area contributed by atoms with E-state index in [1.54, 1.807) is 31.2 Å². The number of hydrogen-bond acceptors (Lipinski definition) is 5. The van der Waals surface area contributed by atoms with Crippen molar-refractivity contribution in [1.29, 1.82) is 0 Å². The maximum absolute atomic E-state index is 12.5. The number of carbonyl (C=O) groups is 2. The Morgan fingerprint density at radius 1 is 1.11 bits per heavy atom. The van der Waals surface area contributed by atoms with Gasteiger partial charge in [0.15, 0.2) is 5.78 Å². The SMILES string of the molecule is COc1ccc(S(=O)(=O)N[C@@H](C)C(=O)Nc2cccc(C(C)=O)c2)cc1C. The molecule has 0 bridgehead atoms. The Morgan fingerprint density at radius 2 is 1.81 bits per heavy atom. The minimum absolute atomic E-state index is 0.0408.